The molecule has 112 valence electrons. The van der Waals surface area contributed by atoms with Crippen LogP contribution in [0.15, 0.2) is 6.20 Å². The van der Waals surface area contributed by atoms with E-state index >= 15 is 0 Å². The lowest BCUT2D eigenvalue weighted by atomic mass is 10.1. The van der Waals surface area contributed by atoms with E-state index in [1.165, 1.54) is 0 Å². The second kappa shape index (κ2) is 5.46. The molecular weight excluding hydrogens is 364 g/mol. The molecule has 0 spiro atoms. The van der Waals surface area contributed by atoms with E-state index in [4.69, 9.17) is 5.11 Å². The average molecular weight is 368 g/mol. The molecule has 0 aliphatic rings. The van der Waals surface area contributed by atoms with Gasteiger partial charge in [0.25, 0.3) is 0 Å². The third kappa shape index (κ3) is 3.74. The van der Waals surface area contributed by atoms with Gasteiger partial charge in [0, 0.05) is 11.5 Å². The molecule has 0 aliphatic heterocycles. The van der Waals surface area contributed by atoms with E-state index in [1.807, 2.05) is 0 Å². The third-order valence-electron chi connectivity index (χ3n) is 1.97. The van der Waals surface area contributed by atoms with Crippen molar-refractivity contribution in [2.45, 2.75) is 17.9 Å². The van der Waals surface area contributed by atoms with Crippen LogP contribution in [0, 0.1) is 0 Å². The van der Waals surface area contributed by atoms with Gasteiger partial charge in [-0.25, -0.2) is 4.79 Å². The standard InChI is InChI=1S/C9H4BrF6NO3/c10-1-4-5(7(18)19)6(20-9(14,15)16)3(2-17-4)8(11,12)13/h2H,1H2,(H,18,19). The highest BCUT2D eigenvalue weighted by Crippen LogP contribution is 2.41. The van der Waals surface area contributed by atoms with Crippen molar-refractivity contribution in [3.63, 3.8) is 0 Å². The summed E-state index contributed by atoms with van der Waals surface area (Å²) in [7, 11) is 0. The van der Waals surface area contributed by atoms with Crippen LogP contribution < -0.4 is 4.74 Å². The van der Waals surface area contributed by atoms with Gasteiger partial charge in [0.1, 0.15) is 11.1 Å². The summed E-state index contributed by atoms with van der Waals surface area (Å²) in [6, 6.07) is 0. The Morgan fingerprint density at radius 2 is 1.85 bits per heavy atom. The van der Waals surface area contributed by atoms with Crippen LogP contribution >= 0.6 is 15.9 Å². The maximum absolute atomic E-state index is 12.6. The van der Waals surface area contributed by atoms with Crippen molar-refractivity contribution in [2.75, 3.05) is 0 Å². The van der Waals surface area contributed by atoms with Crippen molar-refractivity contribution < 1.29 is 41.0 Å². The van der Waals surface area contributed by atoms with Crippen LogP contribution in [0.4, 0.5) is 26.3 Å². The molecule has 0 unspecified atom stereocenters. The highest BCUT2D eigenvalue weighted by Gasteiger charge is 2.43. The topological polar surface area (TPSA) is 59.4 Å². The Bertz CT molecular complexity index is 528. The molecular formula is C9H4BrF6NO3. The summed E-state index contributed by atoms with van der Waals surface area (Å²) in [6.07, 6.45) is -10.6. The molecule has 4 nitrogen and oxygen atoms in total. The minimum absolute atomic E-state index is 0.0874. The summed E-state index contributed by atoms with van der Waals surface area (Å²) < 4.78 is 77.6. The Kier molecular flexibility index (Phi) is 4.52. The first-order chi connectivity index (χ1) is 8.97. The third-order valence-corrected chi connectivity index (χ3v) is 2.50. The zero-order valence-electron chi connectivity index (χ0n) is 9.14. The van der Waals surface area contributed by atoms with Gasteiger partial charge in [-0.05, 0) is 0 Å². The minimum Gasteiger partial charge on any atom is -0.477 e. The number of carbonyl (C=O) groups is 1. The van der Waals surface area contributed by atoms with Gasteiger partial charge in [0.05, 0.1) is 5.69 Å². The number of ether oxygens (including phenoxy) is 1. The van der Waals surface area contributed by atoms with Crippen molar-refractivity contribution >= 4 is 21.9 Å². The molecule has 1 heterocycles. The van der Waals surface area contributed by atoms with E-state index in [9.17, 15) is 31.1 Å². The first-order valence-electron chi connectivity index (χ1n) is 4.61. The summed E-state index contributed by atoms with van der Waals surface area (Å²) in [5, 5.41) is 8.43. The zero-order chi connectivity index (χ0) is 15.7. The molecule has 0 bridgehead atoms. The fraction of sp³-hybridized carbons (Fsp3) is 0.333. The highest BCUT2D eigenvalue weighted by atomic mass is 79.9. The second-order valence-electron chi connectivity index (χ2n) is 3.31. The summed E-state index contributed by atoms with van der Waals surface area (Å²) >= 11 is 2.72. The SMILES string of the molecule is O=C(O)c1c(CBr)ncc(C(F)(F)F)c1OC(F)(F)F. The summed E-state index contributed by atoms with van der Waals surface area (Å²) in [6.45, 7) is 0. The summed E-state index contributed by atoms with van der Waals surface area (Å²) in [4.78, 5) is 14.1. The number of aromatic carboxylic acids is 1. The number of aromatic nitrogens is 1. The monoisotopic (exact) mass is 367 g/mol. The Morgan fingerprint density at radius 1 is 1.30 bits per heavy atom. The van der Waals surface area contributed by atoms with Crippen molar-refractivity contribution in [1.29, 1.82) is 0 Å². The molecule has 1 rings (SSSR count). The molecule has 0 saturated heterocycles. The molecule has 0 amide bonds. The van der Waals surface area contributed by atoms with Crippen molar-refractivity contribution in [1.82, 2.24) is 4.98 Å². The fourth-order valence-corrected chi connectivity index (χ4v) is 1.70. The largest absolute Gasteiger partial charge is 0.573 e. The Labute approximate surface area is 115 Å². The van der Waals surface area contributed by atoms with E-state index < -0.39 is 41.1 Å². The van der Waals surface area contributed by atoms with E-state index in [0.29, 0.717) is 0 Å². The molecule has 1 aromatic rings. The molecule has 0 aliphatic carbocycles. The maximum Gasteiger partial charge on any atom is 0.573 e. The summed E-state index contributed by atoms with van der Waals surface area (Å²) in [5.74, 6) is -3.85. The van der Waals surface area contributed by atoms with Gasteiger partial charge < -0.3 is 9.84 Å². The number of pyridine rings is 1. The molecule has 0 fully saturated rings. The van der Waals surface area contributed by atoms with Crippen molar-refractivity contribution in [2.24, 2.45) is 0 Å². The van der Waals surface area contributed by atoms with Gasteiger partial charge in [0.15, 0.2) is 5.75 Å². The van der Waals surface area contributed by atoms with E-state index in [2.05, 4.69) is 25.7 Å². The lowest BCUT2D eigenvalue weighted by Gasteiger charge is -2.18. The number of carboxylic acid groups (broad SMARTS) is 1. The van der Waals surface area contributed by atoms with Gasteiger partial charge in [-0.3, -0.25) is 4.98 Å². The quantitative estimate of drug-likeness (QED) is 0.655. The average Bonchev–Trinajstić information content (AvgIpc) is 2.23. The molecule has 1 N–H and O–H groups in total. The van der Waals surface area contributed by atoms with Gasteiger partial charge in [-0.1, -0.05) is 15.9 Å². The first-order valence-corrected chi connectivity index (χ1v) is 5.73. The van der Waals surface area contributed by atoms with Crippen LogP contribution in [-0.4, -0.2) is 22.4 Å². The van der Waals surface area contributed by atoms with Crippen LogP contribution in [0.3, 0.4) is 0 Å². The summed E-state index contributed by atoms with van der Waals surface area (Å²) in [5.41, 5.74) is -3.74. The molecule has 20 heavy (non-hydrogen) atoms. The predicted octanol–water partition coefficient (Wildman–Crippen LogP) is 3.59. The molecule has 0 atom stereocenters. The Balaban J connectivity index is 3.64. The van der Waals surface area contributed by atoms with Crippen LogP contribution in [0.2, 0.25) is 0 Å². The van der Waals surface area contributed by atoms with Gasteiger partial charge >= 0.3 is 18.5 Å². The molecule has 0 saturated carbocycles. The number of nitrogens with zero attached hydrogens (tertiary/aromatic N) is 1. The van der Waals surface area contributed by atoms with Crippen molar-refractivity contribution in [3.8, 4) is 5.75 Å². The van der Waals surface area contributed by atoms with Crippen molar-refractivity contribution in [3.05, 3.63) is 23.0 Å². The first kappa shape index (κ1) is 16.5. The number of hydrogen-bond acceptors (Lipinski definition) is 3. The molecule has 0 aromatic carbocycles. The van der Waals surface area contributed by atoms with Crippen LogP contribution in [0.25, 0.3) is 0 Å². The number of halogens is 7. The minimum atomic E-state index is -5.48. The maximum atomic E-state index is 12.6. The number of rotatable bonds is 3. The number of hydrogen-bond donors (Lipinski definition) is 1. The normalized spacial score (nSPS) is 12.3. The lowest BCUT2D eigenvalue weighted by molar-refractivity contribution is -0.276. The van der Waals surface area contributed by atoms with E-state index in [-0.39, 0.29) is 11.5 Å². The van der Waals surface area contributed by atoms with Gasteiger partial charge in [-0.15, -0.1) is 13.2 Å². The van der Waals surface area contributed by atoms with Crippen LogP contribution in [-0.2, 0) is 11.5 Å². The molecule has 11 heteroatoms. The lowest BCUT2D eigenvalue weighted by Crippen LogP contribution is -2.23. The van der Waals surface area contributed by atoms with Gasteiger partial charge in [0.2, 0.25) is 0 Å². The predicted molar refractivity (Wildman–Crippen MR) is 55.5 cm³/mol. The van der Waals surface area contributed by atoms with E-state index in [1.54, 1.807) is 0 Å². The van der Waals surface area contributed by atoms with Crippen LogP contribution in [0.1, 0.15) is 21.6 Å². The second-order valence-corrected chi connectivity index (χ2v) is 3.87. The fourth-order valence-electron chi connectivity index (χ4n) is 1.28. The number of carboxylic acids is 1. The molecule has 0 radical (unpaired) electrons. The Hall–Kier alpha value is -1.52. The smallest absolute Gasteiger partial charge is 0.477 e. The highest BCUT2D eigenvalue weighted by molar-refractivity contribution is 9.08. The zero-order valence-corrected chi connectivity index (χ0v) is 10.7. The van der Waals surface area contributed by atoms with Crippen LogP contribution in [0.5, 0.6) is 5.75 Å². The Morgan fingerprint density at radius 3 is 2.20 bits per heavy atom. The molecule has 1 aromatic heterocycles. The number of alkyl halides is 7. The van der Waals surface area contributed by atoms with E-state index in [0.717, 1.165) is 0 Å². The van der Waals surface area contributed by atoms with Gasteiger partial charge in [-0.2, -0.15) is 13.2 Å².